The molecule has 0 saturated heterocycles. The normalized spacial score (nSPS) is 15.8. The van der Waals surface area contributed by atoms with Crippen LogP contribution < -0.4 is 4.74 Å². The van der Waals surface area contributed by atoms with Crippen molar-refractivity contribution in [1.29, 1.82) is 0 Å². The molecule has 1 aromatic carbocycles. The predicted octanol–water partition coefficient (Wildman–Crippen LogP) is 1.10. The molecule has 0 fully saturated rings. The maximum Gasteiger partial charge on any atom is 0.172 e. The highest BCUT2D eigenvalue weighted by atomic mass is 16.5. The zero-order valence-electron chi connectivity index (χ0n) is 10.0. The van der Waals surface area contributed by atoms with Gasteiger partial charge in [-0.1, -0.05) is 18.2 Å². The van der Waals surface area contributed by atoms with Crippen LogP contribution in [0.1, 0.15) is 5.56 Å². The highest BCUT2D eigenvalue weighted by molar-refractivity contribution is 5.81. The smallest absolute Gasteiger partial charge is 0.172 e. The highest BCUT2D eigenvalue weighted by Gasteiger charge is 2.16. The summed E-state index contributed by atoms with van der Waals surface area (Å²) in [4.78, 5) is 13.6. The van der Waals surface area contributed by atoms with Crippen LogP contribution in [0, 0.1) is 0 Å². The van der Waals surface area contributed by atoms with Crippen LogP contribution in [0.25, 0.3) is 0 Å². The minimum atomic E-state index is 0.104. The van der Waals surface area contributed by atoms with Crippen molar-refractivity contribution in [1.82, 2.24) is 4.90 Å². The molecule has 1 aromatic rings. The Balaban J connectivity index is 2.00. The number of rotatable bonds is 4. The molecule has 0 atom stereocenters. The lowest BCUT2D eigenvalue weighted by Gasteiger charge is -2.17. The Bertz CT molecular complexity index is 392. The zero-order chi connectivity index (χ0) is 12.1. The molecule has 17 heavy (non-hydrogen) atoms. The second-order valence-corrected chi connectivity index (χ2v) is 4.14. The summed E-state index contributed by atoms with van der Waals surface area (Å²) < 4.78 is 10.5. The number of benzene rings is 1. The molecule has 0 aliphatic carbocycles. The second kappa shape index (κ2) is 5.80. The number of Topliss-reactive ketones (excluding diaryl/α,β-unsaturated/α-hetero) is 1. The summed E-state index contributed by atoms with van der Waals surface area (Å²) in [6, 6.07) is 7.96. The van der Waals surface area contributed by atoms with Crippen LogP contribution in [0.15, 0.2) is 24.3 Å². The number of hydrogen-bond acceptors (Lipinski definition) is 4. The van der Waals surface area contributed by atoms with Crippen molar-refractivity contribution in [2.24, 2.45) is 0 Å². The van der Waals surface area contributed by atoms with Crippen molar-refractivity contribution in [2.75, 3.05) is 33.4 Å². The van der Waals surface area contributed by atoms with Crippen LogP contribution in [-0.4, -0.2) is 44.1 Å². The Hall–Kier alpha value is -1.39. The number of ketones is 1. The molecule has 1 aliphatic heterocycles. The summed E-state index contributed by atoms with van der Waals surface area (Å²) in [5.74, 6) is 1.03. The molecule has 0 spiro atoms. The van der Waals surface area contributed by atoms with Crippen molar-refractivity contribution in [3.63, 3.8) is 0 Å². The van der Waals surface area contributed by atoms with Crippen LogP contribution in [0.5, 0.6) is 5.75 Å². The van der Waals surface area contributed by atoms with Gasteiger partial charge in [0.2, 0.25) is 0 Å². The first kappa shape index (κ1) is 12.1. The number of methoxy groups -OCH3 is 1. The number of ether oxygens (including phenoxy) is 2. The maximum atomic E-state index is 11.5. The third kappa shape index (κ3) is 3.28. The Morgan fingerprint density at radius 2 is 2.29 bits per heavy atom. The average Bonchev–Trinajstić information content (AvgIpc) is 2.50. The van der Waals surface area contributed by atoms with Gasteiger partial charge in [0.05, 0.1) is 6.54 Å². The quantitative estimate of drug-likeness (QED) is 0.783. The van der Waals surface area contributed by atoms with Gasteiger partial charge in [0.15, 0.2) is 5.78 Å². The largest absolute Gasteiger partial charge is 0.492 e. The van der Waals surface area contributed by atoms with E-state index in [-0.39, 0.29) is 12.4 Å². The molecule has 0 N–H and O–H groups in total. The lowest BCUT2D eigenvalue weighted by atomic mass is 10.2. The molecule has 0 saturated carbocycles. The van der Waals surface area contributed by atoms with Gasteiger partial charge >= 0.3 is 0 Å². The van der Waals surface area contributed by atoms with Gasteiger partial charge in [-0.2, -0.15) is 0 Å². The fourth-order valence-electron chi connectivity index (χ4n) is 1.97. The van der Waals surface area contributed by atoms with Crippen molar-refractivity contribution < 1.29 is 14.3 Å². The monoisotopic (exact) mass is 235 g/mol. The van der Waals surface area contributed by atoms with Crippen molar-refractivity contribution in [2.45, 2.75) is 6.54 Å². The van der Waals surface area contributed by atoms with E-state index in [4.69, 9.17) is 9.47 Å². The highest BCUT2D eigenvalue weighted by Crippen LogP contribution is 2.22. The van der Waals surface area contributed by atoms with Crippen LogP contribution in [0.4, 0.5) is 0 Å². The molecule has 0 bridgehead atoms. The van der Waals surface area contributed by atoms with Gasteiger partial charge in [-0.25, -0.2) is 0 Å². The fraction of sp³-hybridized carbons (Fsp3) is 0.462. The molecule has 0 aromatic heterocycles. The molecule has 92 valence electrons. The van der Waals surface area contributed by atoms with Crippen LogP contribution >= 0.6 is 0 Å². The molecule has 0 radical (unpaired) electrons. The van der Waals surface area contributed by atoms with E-state index < -0.39 is 0 Å². The van der Waals surface area contributed by atoms with Crippen LogP contribution in [-0.2, 0) is 16.1 Å². The SMILES string of the molecule is COCC(=O)CN1CCOc2ccccc2C1. The standard InChI is InChI=1S/C13H17NO3/c1-16-10-12(15)9-14-6-7-17-13-5-3-2-4-11(13)8-14/h2-5H,6-10H2,1H3. The van der Waals surface area contributed by atoms with E-state index in [0.29, 0.717) is 13.2 Å². The van der Waals surface area contributed by atoms with E-state index in [1.54, 1.807) is 7.11 Å². The topological polar surface area (TPSA) is 38.8 Å². The molecule has 1 aliphatic rings. The number of hydrogen-bond donors (Lipinski definition) is 0. The number of para-hydroxylation sites is 1. The summed E-state index contributed by atoms with van der Waals surface area (Å²) in [5, 5.41) is 0. The second-order valence-electron chi connectivity index (χ2n) is 4.14. The molecule has 4 heteroatoms. The Labute approximate surface area is 101 Å². The number of nitrogens with zero attached hydrogens (tertiary/aromatic N) is 1. The van der Waals surface area contributed by atoms with Crippen molar-refractivity contribution >= 4 is 5.78 Å². The van der Waals surface area contributed by atoms with Crippen LogP contribution in [0.2, 0.25) is 0 Å². The molecule has 4 nitrogen and oxygen atoms in total. The average molecular weight is 235 g/mol. The maximum absolute atomic E-state index is 11.5. The first-order valence-electron chi connectivity index (χ1n) is 5.73. The van der Waals surface area contributed by atoms with Gasteiger partial charge < -0.3 is 9.47 Å². The van der Waals surface area contributed by atoms with Gasteiger partial charge in [0.25, 0.3) is 0 Å². The van der Waals surface area contributed by atoms with E-state index in [9.17, 15) is 4.79 Å². The number of carbonyl (C=O) groups is 1. The lowest BCUT2D eigenvalue weighted by molar-refractivity contribution is -0.123. The summed E-state index contributed by atoms with van der Waals surface area (Å²) in [7, 11) is 1.54. The van der Waals surface area contributed by atoms with Gasteiger partial charge in [-0.15, -0.1) is 0 Å². The third-order valence-electron chi connectivity index (χ3n) is 2.74. The third-order valence-corrected chi connectivity index (χ3v) is 2.74. The van der Waals surface area contributed by atoms with E-state index in [0.717, 1.165) is 24.4 Å². The molecular weight excluding hydrogens is 218 g/mol. The lowest BCUT2D eigenvalue weighted by Crippen LogP contribution is -2.32. The summed E-state index contributed by atoms with van der Waals surface area (Å²) in [6.45, 7) is 2.75. The van der Waals surface area contributed by atoms with E-state index in [1.807, 2.05) is 24.3 Å². The summed E-state index contributed by atoms with van der Waals surface area (Å²) in [6.07, 6.45) is 0. The fourth-order valence-corrected chi connectivity index (χ4v) is 1.97. The minimum Gasteiger partial charge on any atom is -0.492 e. The summed E-state index contributed by atoms with van der Waals surface area (Å²) >= 11 is 0. The van der Waals surface area contributed by atoms with Gasteiger partial charge in [0.1, 0.15) is 19.0 Å². The molecular formula is C13H17NO3. The summed E-state index contributed by atoms with van der Waals surface area (Å²) in [5.41, 5.74) is 1.13. The number of fused-ring (bicyclic) bond motifs is 1. The van der Waals surface area contributed by atoms with Gasteiger partial charge in [-0.3, -0.25) is 9.69 Å². The first-order valence-corrected chi connectivity index (χ1v) is 5.73. The first-order chi connectivity index (χ1) is 8.29. The Morgan fingerprint density at radius 1 is 1.47 bits per heavy atom. The van der Waals surface area contributed by atoms with E-state index >= 15 is 0 Å². The van der Waals surface area contributed by atoms with Crippen molar-refractivity contribution in [3.05, 3.63) is 29.8 Å². The molecule has 1 heterocycles. The van der Waals surface area contributed by atoms with E-state index in [2.05, 4.69) is 4.90 Å². The minimum absolute atomic E-state index is 0.104. The Morgan fingerprint density at radius 3 is 3.12 bits per heavy atom. The number of carbonyl (C=O) groups excluding carboxylic acids is 1. The Kier molecular flexibility index (Phi) is 4.12. The predicted molar refractivity (Wildman–Crippen MR) is 64.1 cm³/mol. The van der Waals surface area contributed by atoms with Crippen molar-refractivity contribution in [3.8, 4) is 5.75 Å². The molecule has 0 amide bonds. The van der Waals surface area contributed by atoms with Crippen LogP contribution in [0.3, 0.4) is 0 Å². The zero-order valence-corrected chi connectivity index (χ0v) is 10.0. The van der Waals surface area contributed by atoms with E-state index in [1.165, 1.54) is 0 Å². The van der Waals surface area contributed by atoms with Gasteiger partial charge in [0, 0.05) is 25.8 Å². The van der Waals surface area contributed by atoms with Gasteiger partial charge in [-0.05, 0) is 6.07 Å². The molecule has 0 unspecified atom stereocenters. The molecule has 2 rings (SSSR count).